The summed E-state index contributed by atoms with van der Waals surface area (Å²) in [6.07, 6.45) is 9.21. The van der Waals surface area contributed by atoms with E-state index in [1.807, 2.05) is 11.8 Å². The summed E-state index contributed by atoms with van der Waals surface area (Å²) in [7, 11) is 0. The minimum atomic E-state index is 0.821. The van der Waals surface area contributed by atoms with Crippen molar-refractivity contribution < 1.29 is 0 Å². The molecule has 1 aliphatic rings. The van der Waals surface area contributed by atoms with E-state index in [1.54, 1.807) is 0 Å². The predicted octanol–water partition coefficient (Wildman–Crippen LogP) is 3.54. The van der Waals surface area contributed by atoms with Crippen molar-refractivity contribution in [2.24, 2.45) is 11.8 Å². The minimum Gasteiger partial charge on any atom is -0.314 e. The first-order valence-corrected chi connectivity index (χ1v) is 7.85. The Morgan fingerprint density at radius 1 is 1.20 bits per heavy atom. The maximum atomic E-state index is 3.70. The molecule has 1 nitrogen and oxygen atoms in total. The molecule has 0 bridgehead atoms. The molecule has 0 aromatic carbocycles. The molecular formula is C13H27NS. The molecule has 0 aliphatic heterocycles. The molecule has 0 radical (unpaired) electrons. The zero-order valence-corrected chi connectivity index (χ0v) is 11.4. The van der Waals surface area contributed by atoms with Gasteiger partial charge in [0.15, 0.2) is 0 Å². The number of nitrogens with one attached hydrogen (secondary N) is 1. The molecule has 0 spiro atoms. The molecule has 0 aromatic rings. The summed E-state index contributed by atoms with van der Waals surface area (Å²) in [5, 5.41) is 3.70. The van der Waals surface area contributed by atoms with Crippen LogP contribution in [0, 0.1) is 11.8 Å². The van der Waals surface area contributed by atoms with Crippen LogP contribution in [0.1, 0.15) is 46.0 Å². The maximum Gasteiger partial charge on any atom is 0.00672 e. The van der Waals surface area contributed by atoms with Crippen LogP contribution in [0.5, 0.6) is 0 Å². The van der Waals surface area contributed by atoms with Gasteiger partial charge in [-0.3, -0.25) is 0 Å². The normalized spacial score (nSPS) is 27.2. The van der Waals surface area contributed by atoms with Crippen LogP contribution < -0.4 is 5.32 Å². The van der Waals surface area contributed by atoms with Gasteiger partial charge in [0.2, 0.25) is 0 Å². The van der Waals surface area contributed by atoms with E-state index in [0.29, 0.717) is 0 Å². The monoisotopic (exact) mass is 229 g/mol. The Kier molecular flexibility index (Phi) is 6.74. The molecule has 1 saturated carbocycles. The fraction of sp³-hybridized carbons (Fsp3) is 1.00. The summed E-state index contributed by atoms with van der Waals surface area (Å²) in [5.74, 6) is 3.19. The lowest BCUT2D eigenvalue weighted by Gasteiger charge is -2.31. The minimum absolute atomic E-state index is 0.821. The first kappa shape index (κ1) is 13.4. The molecule has 0 atom stereocenters. The Hall–Kier alpha value is 0.310. The molecule has 90 valence electrons. The zero-order valence-electron chi connectivity index (χ0n) is 10.6. The zero-order chi connectivity index (χ0) is 11.1. The summed E-state index contributed by atoms with van der Waals surface area (Å²) < 4.78 is 0. The average molecular weight is 229 g/mol. The summed E-state index contributed by atoms with van der Waals surface area (Å²) in [6, 6.07) is 0.821. The third-order valence-electron chi connectivity index (χ3n) is 3.67. The molecule has 15 heavy (non-hydrogen) atoms. The van der Waals surface area contributed by atoms with Gasteiger partial charge in [0.05, 0.1) is 0 Å². The summed E-state index contributed by atoms with van der Waals surface area (Å²) in [4.78, 5) is 0. The topological polar surface area (TPSA) is 12.0 Å². The van der Waals surface area contributed by atoms with Crippen LogP contribution in [0.3, 0.4) is 0 Å². The second-order valence-corrected chi connectivity index (χ2v) is 6.14. The molecule has 0 heterocycles. The van der Waals surface area contributed by atoms with Crippen LogP contribution in [0.4, 0.5) is 0 Å². The van der Waals surface area contributed by atoms with Crippen LogP contribution in [0.15, 0.2) is 0 Å². The molecule has 0 aromatic heterocycles. The molecule has 1 N–H and O–H groups in total. The third-order valence-corrected chi connectivity index (χ3v) is 4.37. The van der Waals surface area contributed by atoms with Crippen molar-refractivity contribution in [2.45, 2.75) is 52.0 Å². The van der Waals surface area contributed by atoms with Gasteiger partial charge >= 0.3 is 0 Å². The molecule has 1 fully saturated rings. The van der Waals surface area contributed by atoms with Crippen LogP contribution >= 0.6 is 11.8 Å². The highest BCUT2D eigenvalue weighted by atomic mass is 32.2. The predicted molar refractivity (Wildman–Crippen MR) is 71.6 cm³/mol. The van der Waals surface area contributed by atoms with Gasteiger partial charge in [0.25, 0.3) is 0 Å². The van der Waals surface area contributed by atoms with E-state index >= 15 is 0 Å². The highest BCUT2D eigenvalue weighted by Crippen LogP contribution is 2.29. The van der Waals surface area contributed by atoms with Crippen molar-refractivity contribution in [1.82, 2.24) is 5.32 Å². The van der Waals surface area contributed by atoms with Gasteiger partial charge in [0, 0.05) is 6.04 Å². The molecule has 1 aliphatic carbocycles. The Balaban J connectivity index is 2.04. The summed E-state index contributed by atoms with van der Waals surface area (Å²) in [5.41, 5.74) is 0. The lowest BCUT2D eigenvalue weighted by Crippen LogP contribution is -2.34. The van der Waals surface area contributed by atoms with E-state index in [9.17, 15) is 0 Å². The van der Waals surface area contributed by atoms with E-state index in [4.69, 9.17) is 0 Å². The van der Waals surface area contributed by atoms with E-state index in [1.165, 1.54) is 44.4 Å². The van der Waals surface area contributed by atoms with Crippen LogP contribution in [0.25, 0.3) is 0 Å². The van der Waals surface area contributed by atoms with E-state index in [0.717, 1.165) is 17.9 Å². The first-order valence-electron chi connectivity index (χ1n) is 6.46. The number of hydrogen-bond donors (Lipinski definition) is 1. The highest BCUT2D eigenvalue weighted by Gasteiger charge is 2.22. The smallest absolute Gasteiger partial charge is 0.00672 e. The van der Waals surface area contributed by atoms with Gasteiger partial charge < -0.3 is 5.32 Å². The van der Waals surface area contributed by atoms with Gasteiger partial charge in [-0.1, -0.05) is 13.8 Å². The van der Waals surface area contributed by atoms with Gasteiger partial charge in [-0.15, -0.1) is 0 Å². The molecule has 0 amide bonds. The fourth-order valence-corrected chi connectivity index (χ4v) is 2.95. The van der Waals surface area contributed by atoms with Crippen LogP contribution in [0.2, 0.25) is 0 Å². The van der Waals surface area contributed by atoms with Gasteiger partial charge in [-0.05, 0) is 62.5 Å². The van der Waals surface area contributed by atoms with Crippen molar-refractivity contribution in [3.63, 3.8) is 0 Å². The van der Waals surface area contributed by atoms with E-state index < -0.39 is 0 Å². The van der Waals surface area contributed by atoms with E-state index in [-0.39, 0.29) is 0 Å². The SMILES string of the molecule is CSCCCNC1CCC(C(C)C)CC1. The lowest BCUT2D eigenvalue weighted by atomic mass is 9.80. The first-order chi connectivity index (χ1) is 7.24. The fourth-order valence-electron chi connectivity index (χ4n) is 2.51. The van der Waals surface area contributed by atoms with Crippen molar-refractivity contribution in [1.29, 1.82) is 0 Å². The Labute approximate surface area is 99.8 Å². The molecule has 1 rings (SSSR count). The highest BCUT2D eigenvalue weighted by molar-refractivity contribution is 7.98. The lowest BCUT2D eigenvalue weighted by molar-refractivity contribution is 0.239. The Morgan fingerprint density at radius 2 is 1.87 bits per heavy atom. The quantitative estimate of drug-likeness (QED) is 0.699. The van der Waals surface area contributed by atoms with Gasteiger partial charge in [-0.25, -0.2) is 0 Å². The average Bonchev–Trinajstić information content (AvgIpc) is 2.25. The largest absolute Gasteiger partial charge is 0.314 e. The van der Waals surface area contributed by atoms with Gasteiger partial charge in [0.1, 0.15) is 0 Å². The van der Waals surface area contributed by atoms with Crippen molar-refractivity contribution in [2.75, 3.05) is 18.6 Å². The van der Waals surface area contributed by atoms with Crippen LogP contribution in [-0.2, 0) is 0 Å². The second-order valence-electron chi connectivity index (χ2n) is 5.16. The van der Waals surface area contributed by atoms with Crippen molar-refractivity contribution in [3.05, 3.63) is 0 Å². The van der Waals surface area contributed by atoms with E-state index in [2.05, 4.69) is 25.4 Å². The third kappa shape index (κ3) is 5.26. The summed E-state index contributed by atoms with van der Waals surface area (Å²) >= 11 is 1.95. The number of rotatable bonds is 6. The standard InChI is InChI=1S/C13H27NS/c1-11(2)12-5-7-13(8-6-12)14-9-4-10-15-3/h11-14H,4-10H2,1-3H3. The molecule has 0 unspecified atom stereocenters. The Morgan fingerprint density at radius 3 is 2.40 bits per heavy atom. The molecule has 0 saturated heterocycles. The van der Waals surface area contributed by atoms with Gasteiger partial charge in [-0.2, -0.15) is 11.8 Å². The molecule has 2 heteroatoms. The van der Waals surface area contributed by atoms with Crippen molar-refractivity contribution >= 4 is 11.8 Å². The number of hydrogen-bond acceptors (Lipinski definition) is 2. The maximum absolute atomic E-state index is 3.70. The van der Waals surface area contributed by atoms with Crippen molar-refractivity contribution in [3.8, 4) is 0 Å². The Bertz CT molecular complexity index is 151. The second kappa shape index (κ2) is 7.56. The summed E-state index contributed by atoms with van der Waals surface area (Å²) in [6.45, 7) is 5.96. The molecular weight excluding hydrogens is 202 g/mol. The number of thioether (sulfide) groups is 1. The van der Waals surface area contributed by atoms with Crippen LogP contribution in [-0.4, -0.2) is 24.6 Å².